The number of benzene rings is 2. The van der Waals surface area contributed by atoms with Crippen LogP contribution in [0.1, 0.15) is 56.2 Å². The van der Waals surface area contributed by atoms with Crippen molar-refractivity contribution < 1.29 is 19.1 Å². The molecule has 0 aliphatic carbocycles. The average Bonchev–Trinajstić information content (AvgIpc) is 3.26. The number of hydrogen-bond donors (Lipinski definition) is 1. The van der Waals surface area contributed by atoms with Crippen molar-refractivity contribution in [3.63, 3.8) is 0 Å². The zero-order valence-corrected chi connectivity index (χ0v) is 19.4. The molecular formula is C26H34N2O4. The van der Waals surface area contributed by atoms with E-state index in [9.17, 15) is 9.59 Å². The molecule has 0 fully saturated rings. The SMILES string of the molecule is CCCCNC(=O)[C@H](CC)N(Cc1ccccc1C)C(=O)CCc1ccc2c(c1)OCO2. The van der Waals surface area contributed by atoms with E-state index in [1.165, 1.54) is 0 Å². The van der Waals surface area contributed by atoms with Crippen molar-refractivity contribution in [3.05, 3.63) is 59.2 Å². The van der Waals surface area contributed by atoms with Crippen molar-refractivity contribution in [1.29, 1.82) is 0 Å². The Kier molecular flexibility index (Phi) is 8.54. The van der Waals surface area contributed by atoms with Crippen LogP contribution in [0.15, 0.2) is 42.5 Å². The Balaban J connectivity index is 1.74. The van der Waals surface area contributed by atoms with Crippen LogP contribution in [0.4, 0.5) is 0 Å². The number of hydrogen-bond acceptors (Lipinski definition) is 4. The fourth-order valence-corrected chi connectivity index (χ4v) is 3.89. The van der Waals surface area contributed by atoms with Gasteiger partial charge in [-0.25, -0.2) is 0 Å². The van der Waals surface area contributed by atoms with Crippen molar-refractivity contribution in [1.82, 2.24) is 10.2 Å². The standard InChI is InChI=1S/C26H34N2O4/c1-4-6-15-27-26(30)22(5-2)28(17-21-10-8-7-9-19(21)3)25(29)14-12-20-11-13-23-24(16-20)32-18-31-23/h7-11,13,16,22H,4-6,12,14-15,17-18H2,1-3H3,(H,27,30)/t22-/m0/s1. The second-order valence-electron chi connectivity index (χ2n) is 8.20. The Labute approximate surface area is 190 Å². The topological polar surface area (TPSA) is 67.9 Å². The number of amides is 2. The normalized spacial score (nSPS) is 13.0. The van der Waals surface area contributed by atoms with Gasteiger partial charge in [-0.3, -0.25) is 9.59 Å². The number of ether oxygens (including phenoxy) is 2. The maximum Gasteiger partial charge on any atom is 0.242 e. The van der Waals surface area contributed by atoms with Crippen molar-refractivity contribution in [2.45, 2.75) is 65.5 Å². The lowest BCUT2D eigenvalue weighted by Crippen LogP contribution is -2.49. The lowest BCUT2D eigenvalue weighted by molar-refractivity contribution is -0.141. The first-order valence-electron chi connectivity index (χ1n) is 11.5. The van der Waals surface area contributed by atoms with Crippen LogP contribution in [0.25, 0.3) is 0 Å². The third kappa shape index (κ3) is 6.02. The maximum absolute atomic E-state index is 13.4. The second-order valence-corrected chi connectivity index (χ2v) is 8.20. The van der Waals surface area contributed by atoms with Gasteiger partial charge in [-0.15, -0.1) is 0 Å². The van der Waals surface area contributed by atoms with Crippen LogP contribution in [-0.2, 0) is 22.6 Å². The molecule has 2 amide bonds. The third-order valence-electron chi connectivity index (χ3n) is 5.88. The summed E-state index contributed by atoms with van der Waals surface area (Å²) in [6.45, 7) is 7.37. The molecule has 1 heterocycles. The van der Waals surface area contributed by atoms with E-state index >= 15 is 0 Å². The van der Waals surface area contributed by atoms with Crippen LogP contribution >= 0.6 is 0 Å². The molecule has 172 valence electrons. The largest absolute Gasteiger partial charge is 0.454 e. The van der Waals surface area contributed by atoms with E-state index < -0.39 is 6.04 Å². The van der Waals surface area contributed by atoms with E-state index in [-0.39, 0.29) is 18.6 Å². The summed E-state index contributed by atoms with van der Waals surface area (Å²) in [6, 6.07) is 13.3. The van der Waals surface area contributed by atoms with Gasteiger partial charge in [-0.1, -0.05) is 50.6 Å². The van der Waals surface area contributed by atoms with Gasteiger partial charge in [0.05, 0.1) is 0 Å². The number of nitrogens with one attached hydrogen (secondary N) is 1. The monoisotopic (exact) mass is 438 g/mol. The van der Waals surface area contributed by atoms with Crippen molar-refractivity contribution in [3.8, 4) is 11.5 Å². The molecule has 6 heteroatoms. The van der Waals surface area contributed by atoms with Gasteiger partial charge in [0.15, 0.2) is 11.5 Å². The molecule has 0 aromatic heterocycles. The Bertz CT molecular complexity index is 928. The lowest BCUT2D eigenvalue weighted by Gasteiger charge is -2.31. The lowest BCUT2D eigenvalue weighted by atomic mass is 10.0. The highest BCUT2D eigenvalue weighted by molar-refractivity contribution is 5.87. The molecule has 3 rings (SSSR count). The van der Waals surface area contributed by atoms with E-state index in [4.69, 9.17) is 9.47 Å². The number of carbonyl (C=O) groups excluding carboxylic acids is 2. The molecular weight excluding hydrogens is 404 g/mol. The van der Waals surface area contributed by atoms with Crippen LogP contribution < -0.4 is 14.8 Å². The smallest absolute Gasteiger partial charge is 0.242 e. The van der Waals surface area contributed by atoms with Gasteiger partial charge in [-0.2, -0.15) is 0 Å². The van der Waals surface area contributed by atoms with Gasteiger partial charge in [0, 0.05) is 19.5 Å². The molecule has 32 heavy (non-hydrogen) atoms. The highest BCUT2D eigenvalue weighted by Gasteiger charge is 2.28. The fourth-order valence-electron chi connectivity index (χ4n) is 3.89. The van der Waals surface area contributed by atoms with Crippen molar-refractivity contribution in [2.75, 3.05) is 13.3 Å². The number of nitrogens with zero attached hydrogens (tertiary/aromatic N) is 1. The molecule has 1 atom stereocenters. The molecule has 0 saturated heterocycles. The van der Waals surface area contributed by atoms with E-state index in [1.54, 1.807) is 4.90 Å². The molecule has 0 spiro atoms. The van der Waals surface area contributed by atoms with Crippen LogP contribution in [0.5, 0.6) is 11.5 Å². The quantitative estimate of drug-likeness (QED) is 0.529. The van der Waals surface area contributed by atoms with Crippen LogP contribution in [0, 0.1) is 6.92 Å². The summed E-state index contributed by atoms with van der Waals surface area (Å²) in [5.74, 6) is 1.35. The summed E-state index contributed by atoms with van der Waals surface area (Å²) in [5.41, 5.74) is 3.19. The average molecular weight is 439 g/mol. The maximum atomic E-state index is 13.4. The summed E-state index contributed by atoms with van der Waals surface area (Å²) in [5, 5.41) is 3.01. The summed E-state index contributed by atoms with van der Waals surface area (Å²) in [6.07, 6.45) is 3.41. The Morgan fingerprint density at radius 3 is 2.62 bits per heavy atom. The number of unbranched alkanes of at least 4 members (excludes halogenated alkanes) is 1. The predicted molar refractivity (Wildman–Crippen MR) is 125 cm³/mol. The molecule has 2 aromatic carbocycles. The Hall–Kier alpha value is -3.02. The van der Waals surface area contributed by atoms with Gasteiger partial charge in [0.2, 0.25) is 18.6 Å². The zero-order valence-electron chi connectivity index (χ0n) is 19.4. The molecule has 0 bridgehead atoms. The summed E-state index contributed by atoms with van der Waals surface area (Å²) in [4.78, 5) is 28.1. The van der Waals surface area contributed by atoms with Crippen molar-refractivity contribution >= 4 is 11.8 Å². The molecule has 0 unspecified atom stereocenters. The van der Waals surface area contributed by atoms with Gasteiger partial charge in [0.1, 0.15) is 6.04 Å². The Morgan fingerprint density at radius 1 is 1.09 bits per heavy atom. The second kappa shape index (κ2) is 11.6. The first kappa shape index (κ1) is 23.6. The molecule has 6 nitrogen and oxygen atoms in total. The Morgan fingerprint density at radius 2 is 1.88 bits per heavy atom. The van der Waals surface area contributed by atoms with E-state index in [0.717, 1.165) is 35.3 Å². The highest BCUT2D eigenvalue weighted by atomic mass is 16.7. The first-order chi connectivity index (χ1) is 15.5. The van der Waals surface area contributed by atoms with Gasteiger partial charge in [0.25, 0.3) is 0 Å². The van der Waals surface area contributed by atoms with E-state index in [2.05, 4.69) is 12.2 Å². The van der Waals surface area contributed by atoms with Gasteiger partial charge >= 0.3 is 0 Å². The minimum absolute atomic E-state index is 0.0246. The molecule has 2 aromatic rings. The number of fused-ring (bicyclic) bond motifs is 1. The zero-order chi connectivity index (χ0) is 22.9. The summed E-state index contributed by atoms with van der Waals surface area (Å²) >= 11 is 0. The molecule has 1 aliphatic rings. The molecule has 0 saturated carbocycles. The molecule has 1 N–H and O–H groups in total. The van der Waals surface area contributed by atoms with Crippen LogP contribution in [-0.4, -0.2) is 36.1 Å². The predicted octanol–water partition coefficient (Wildman–Crippen LogP) is 4.38. The molecule has 0 radical (unpaired) electrons. The fraction of sp³-hybridized carbons (Fsp3) is 0.462. The first-order valence-corrected chi connectivity index (χ1v) is 11.5. The highest BCUT2D eigenvalue weighted by Crippen LogP contribution is 2.32. The van der Waals surface area contributed by atoms with Crippen LogP contribution in [0.3, 0.4) is 0 Å². The third-order valence-corrected chi connectivity index (χ3v) is 5.88. The van der Waals surface area contributed by atoms with E-state index in [0.29, 0.717) is 38.1 Å². The summed E-state index contributed by atoms with van der Waals surface area (Å²) < 4.78 is 10.8. The minimum atomic E-state index is -0.490. The van der Waals surface area contributed by atoms with Crippen molar-refractivity contribution in [2.24, 2.45) is 0 Å². The number of carbonyl (C=O) groups is 2. The van der Waals surface area contributed by atoms with E-state index in [1.807, 2.05) is 56.3 Å². The minimum Gasteiger partial charge on any atom is -0.454 e. The number of aryl methyl sites for hydroxylation is 2. The van der Waals surface area contributed by atoms with Gasteiger partial charge < -0.3 is 19.7 Å². The summed E-state index contributed by atoms with van der Waals surface area (Å²) in [7, 11) is 0. The van der Waals surface area contributed by atoms with Crippen LogP contribution in [0.2, 0.25) is 0 Å². The number of rotatable bonds is 11. The molecule has 1 aliphatic heterocycles. The van der Waals surface area contributed by atoms with Gasteiger partial charge in [-0.05, 0) is 55.0 Å².